The van der Waals surface area contributed by atoms with Gasteiger partial charge >= 0.3 is 17.9 Å². The third kappa shape index (κ3) is 3.22. The fraction of sp³-hybridized carbons (Fsp3) is 0. The van der Waals surface area contributed by atoms with E-state index < -0.39 is 81.1 Å². The van der Waals surface area contributed by atoms with Crippen LogP contribution in [0.5, 0.6) is 5.75 Å². The third-order valence-corrected chi connectivity index (χ3v) is 5.51. The predicted molar refractivity (Wildman–Crippen MR) is 86.1 cm³/mol. The standard InChI is InChI=1S/C13H8O13S2/c14-4-2-1-3-5(6(4)11(15)16)7(12(17)18)8(13(19)20)10(28(24,25)26)9(3)27(21,22)23/h1-2,14H,(H,15,16)(H,17,18)(H,19,20)(H,21,22,23)(H,24,25,26). The number of rotatable bonds is 5. The lowest BCUT2D eigenvalue weighted by atomic mass is 9.94. The topological polar surface area (TPSA) is 241 Å². The van der Waals surface area contributed by atoms with Gasteiger partial charge < -0.3 is 20.4 Å². The van der Waals surface area contributed by atoms with Gasteiger partial charge in [-0.05, 0) is 12.1 Å². The highest BCUT2D eigenvalue weighted by molar-refractivity contribution is 7.89. The van der Waals surface area contributed by atoms with Crippen LogP contribution in [0.1, 0.15) is 31.1 Å². The zero-order valence-corrected chi connectivity index (χ0v) is 14.6. The van der Waals surface area contributed by atoms with Gasteiger partial charge in [-0.1, -0.05) is 0 Å². The van der Waals surface area contributed by atoms with Gasteiger partial charge in [-0.3, -0.25) is 9.11 Å². The first-order chi connectivity index (χ1) is 12.6. The van der Waals surface area contributed by atoms with Gasteiger partial charge in [0.05, 0.1) is 11.1 Å². The number of fused-ring (bicyclic) bond motifs is 1. The van der Waals surface area contributed by atoms with Crippen LogP contribution in [0.4, 0.5) is 0 Å². The normalized spacial score (nSPS) is 12.1. The van der Waals surface area contributed by atoms with Crippen LogP contribution < -0.4 is 0 Å². The number of hydrogen-bond acceptors (Lipinski definition) is 8. The Morgan fingerprint density at radius 2 is 1.11 bits per heavy atom. The van der Waals surface area contributed by atoms with E-state index in [0.717, 1.165) is 0 Å². The maximum atomic E-state index is 11.8. The molecule has 0 fully saturated rings. The Hall–Kier alpha value is -3.27. The molecule has 0 saturated carbocycles. The van der Waals surface area contributed by atoms with Gasteiger partial charge in [0.2, 0.25) is 0 Å². The predicted octanol–water partition coefficient (Wildman–Crippen LogP) is 0.133. The molecule has 0 aliphatic rings. The molecule has 6 N–H and O–H groups in total. The molecular formula is C13H8O13S2. The summed E-state index contributed by atoms with van der Waals surface area (Å²) >= 11 is 0. The smallest absolute Gasteiger partial charge is 0.340 e. The van der Waals surface area contributed by atoms with Gasteiger partial charge in [0.25, 0.3) is 20.2 Å². The highest BCUT2D eigenvalue weighted by Gasteiger charge is 2.39. The van der Waals surface area contributed by atoms with Gasteiger partial charge in [-0.15, -0.1) is 0 Å². The lowest BCUT2D eigenvalue weighted by molar-refractivity contribution is 0.0648. The molecule has 0 saturated heterocycles. The van der Waals surface area contributed by atoms with Crippen LogP contribution in [0.25, 0.3) is 10.8 Å². The Morgan fingerprint density at radius 1 is 0.679 bits per heavy atom. The minimum Gasteiger partial charge on any atom is -0.507 e. The number of carboxylic acids is 3. The van der Waals surface area contributed by atoms with Crippen LogP contribution in [-0.2, 0) is 20.2 Å². The van der Waals surface area contributed by atoms with Crippen LogP contribution in [0.3, 0.4) is 0 Å². The van der Waals surface area contributed by atoms with Crippen molar-refractivity contribution in [3.63, 3.8) is 0 Å². The molecule has 0 radical (unpaired) electrons. The van der Waals surface area contributed by atoms with E-state index in [1.54, 1.807) is 0 Å². The molecule has 0 amide bonds. The van der Waals surface area contributed by atoms with Gasteiger partial charge in [-0.2, -0.15) is 16.8 Å². The maximum Gasteiger partial charge on any atom is 0.340 e. The molecule has 150 valence electrons. The molecule has 0 unspecified atom stereocenters. The van der Waals surface area contributed by atoms with E-state index in [1.165, 1.54) is 0 Å². The lowest BCUT2D eigenvalue weighted by Crippen LogP contribution is -2.21. The second kappa shape index (κ2) is 6.41. The summed E-state index contributed by atoms with van der Waals surface area (Å²) in [6.07, 6.45) is 0. The van der Waals surface area contributed by atoms with E-state index in [1.807, 2.05) is 0 Å². The molecular weight excluding hydrogens is 428 g/mol. The average Bonchev–Trinajstić information content (AvgIpc) is 2.49. The first kappa shape index (κ1) is 21.0. The van der Waals surface area contributed by atoms with Crippen molar-refractivity contribution in [2.45, 2.75) is 9.79 Å². The minimum absolute atomic E-state index is 0.535. The van der Waals surface area contributed by atoms with E-state index in [4.69, 9.17) is 0 Å². The van der Waals surface area contributed by atoms with E-state index in [-0.39, 0.29) is 0 Å². The molecule has 15 heteroatoms. The first-order valence-corrected chi connectivity index (χ1v) is 9.49. The van der Waals surface area contributed by atoms with Crippen LogP contribution >= 0.6 is 0 Å². The third-order valence-electron chi connectivity index (χ3n) is 3.52. The van der Waals surface area contributed by atoms with Crippen molar-refractivity contribution in [3.05, 3.63) is 28.8 Å². The molecule has 0 heterocycles. The largest absolute Gasteiger partial charge is 0.507 e. The molecule has 2 rings (SSSR count). The summed E-state index contributed by atoms with van der Waals surface area (Å²) in [6.45, 7) is 0. The van der Waals surface area contributed by atoms with Crippen LogP contribution in [0, 0.1) is 0 Å². The van der Waals surface area contributed by atoms with Gasteiger partial charge in [0.1, 0.15) is 21.1 Å². The Labute approximate surface area is 154 Å². The number of benzene rings is 2. The Bertz CT molecular complexity index is 1290. The fourth-order valence-electron chi connectivity index (χ4n) is 2.65. The Kier molecular flexibility index (Phi) is 4.82. The van der Waals surface area contributed by atoms with E-state index in [0.29, 0.717) is 12.1 Å². The van der Waals surface area contributed by atoms with Crippen molar-refractivity contribution in [3.8, 4) is 5.75 Å². The van der Waals surface area contributed by atoms with Crippen LogP contribution in [0.15, 0.2) is 21.9 Å². The summed E-state index contributed by atoms with van der Waals surface area (Å²) in [6, 6.07) is 1.08. The van der Waals surface area contributed by atoms with Crippen molar-refractivity contribution in [1.82, 2.24) is 0 Å². The second-order valence-electron chi connectivity index (χ2n) is 5.16. The quantitative estimate of drug-likeness (QED) is 0.342. The van der Waals surface area contributed by atoms with E-state index in [9.17, 15) is 60.8 Å². The number of carboxylic acid groups (broad SMARTS) is 3. The van der Waals surface area contributed by atoms with Crippen molar-refractivity contribution in [1.29, 1.82) is 0 Å². The van der Waals surface area contributed by atoms with E-state index in [2.05, 4.69) is 0 Å². The summed E-state index contributed by atoms with van der Waals surface area (Å²) in [5.41, 5.74) is -4.65. The van der Waals surface area contributed by atoms with Gasteiger partial charge in [0, 0.05) is 10.8 Å². The number of aromatic hydroxyl groups is 1. The van der Waals surface area contributed by atoms with Gasteiger partial charge in [-0.25, -0.2) is 14.4 Å². The molecule has 0 bridgehead atoms. The average molecular weight is 436 g/mol. The Morgan fingerprint density at radius 3 is 1.46 bits per heavy atom. The summed E-state index contributed by atoms with van der Waals surface area (Å²) in [5, 5.41) is 35.4. The zero-order chi connectivity index (χ0) is 21.8. The molecule has 0 atom stereocenters. The van der Waals surface area contributed by atoms with Crippen molar-refractivity contribution in [2.24, 2.45) is 0 Å². The molecule has 0 aliphatic heterocycles. The SMILES string of the molecule is O=C(O)c1c(S(=O)(=O)O)c(S(=O)(=O)O)c2ccc(O)c(C(=O)O)c2c1C(=O)O. The zero-order valence-electron chi connectivity index (χ0n) is 13.0. The van der Waals surface area contributed by atoms with Crippen molar-refractivity contribution < 1.29 is 60.8 Å². The number of aromatic carboxylic acids is 3. The van der Waals surface area contributed by atoms with Crippen molar-refractivity contribution >= 4 is 48.9 Å². The molecule has 0 spiro atoms. The molecule has 0 aliphatic carbocycles. The fourth-order valence-corrected chi connectivity index (χ4v) is 4.86. The lowest BCUT2D eigenvalue weighted by Gasteiger charge is -2.17. The van der Waals surface area contributed by atoms with Crippen LogP contribution in [0.2, 0.25) is 0 Å². The first-order valence-electron chi connectivity index (χ1n) is 6.61. The van der Waals surface area contributed by atoms with Gasteiger partial charge in [0.15, 0.2) is 0 Å². The second-order valence-corrected chi connectivity index (χ2v) is 7.87. The molecule has 2 aromatic rings. The summed E-state index contributed by atoms with van der Waals surface area (Å²) in [7, 11) is -11.4. The number of hydrogen-bond donors (Lipinski definition) is 6. The summed E-state index contributed by atoms with van der Waals surface area (Å²) < 4.78 is 65.7. The molecule has 0 aromatic heterocycles. The summed E-state index contributed by atoms with van der Waals surface area (Å²) in [5.74, 6) is -7.73. The van der Waals surface area contributed by atoms with Crippen LogP contribution in [-0.4, -0.2) is 64.3 Å². The molecule has 13 nitrogen and oxygen atoms in total. The number of phenols is 1. The molecule has 28 heavy (non-hydrogen) atoms. The van der Waals surface area contributed by atoms with Crippen molar-refractivity contribution in [2.75, 3.05) is 0 Å². The minimum atomic E-state index is -5.78. The number of carbonyl (C=O) groups is 3. The summed E-state index contributed by atoms with van der Waals surface area (Å²) in [4.78, 5) is 30.9. The molecule has 2 aromatic carbocycles. The highest BCUT2D eigenvalue weighted by Crippen LogP contribution is 2.40. The monoisotopic (exact) mass is 436 g/mol. The maximum absolute atomic E-state index is 11.8. The van der Waals surface area contributed by atoms with E-state index >= 15 is 0 Å². The highest BCUT2D eigenvalue weighted by atomic mass is 32.2. The Balaban J connectivity index is 3.60.